The molecule has 0 amide bonds. The van der Waals surface area contributed by atoms with Crippen molar-refractivity contribution in [1.29, 1.82) is 0 Å². The third-order valence-corrected chi connectivity index (χ3v) is 5.18. The number of halogens is 3. The summed E-state index contributed by atoms with van der Waals surface area (Å²) < 4.78 is 41.4. The number of hydrogen-bond donors (Lipinski definition) is 1. The zero-order valence-electron chi connectivity index (χ0n) is 12.7. The second-order valence-electron chi connectivity index (χ2n) is 6.55. The second-order valence-corrected chi connectivity index (χ2v) is 6.55. The molecule has 2 atom stereocenters. The summed E-state index contributed by atoms with van der Waals surface area (Å²) >= 11 is 0. The van der Waals surface area contributed by atoms with E-state index >= 15 is 0 Å². The maximum absolute atomic E-state index is 12.4. The third-order valence-electron chi connectivity index (χ3n) is 5.18. The Hall–Kier alpha value is -1.69. The van der Waals surface area contributed by atoms with Crippen LogP contribution in [0.25, 0.3) is 10.9 Å². The molecule has 0 aliphatic carbocycles. The molecule has 0 bridgehead atoms. The first kappa shape index (κ1) is 14.9. The van der Waals surface area contributed by atoms with Crippen LogP contribution in [-0.4, -0.2) is 35.4 Å². The normalized spacial score (nSPS) is 25.7. The van der Waals surface area contributed by atoms with Crippen LogP contribution >= 0.6 is 0 Å². The molecule has 2 fully saturated rings. The van der Waals surface area contributed by atoms with Crippen LogP contribution in [0.1, 0.15) is 37.2 Å². The Bertz CT molecular complexity index is 709. The SMILES string of the molecule is FC(F)(F)Oc1ccc2[nH]cc(C3CCN4CCCC4C3)c2c1. The monoisotopic (exact) mass is 324 g/mol. The molecule has 4 rings (SSSR count). The molecule has 6 heteroatoms. The highest BCUT2D eigenvalue weighted by molar-refractivity contribution is 5.85. The minimum atomic E-state index is -4.65. The first-order valence-electron chi connectivity index (χ1n) is 8.10. The summed E-state index contributed by atoms with van der Waals surface area (Å²) in [6.07, 6.45) is 1.96. The Kier molecular flexibility index (Phi) is 3.52. The molecule has 1 N–H and O–H groups in total. The molecular formula is C17H19F3N2O. The van der Waals surface area contributed by atoms with Gasteiger partial charge in [0.1, 0.15) is 5.75 Å². The van der Waals surface area contributed by atoms with Crippen molar-refractivity contribution in [2.75, 3.05) is 13.1 Å². The molecule has 2 aromatic rings. The Morgan fingerprint density at radius 1 is 1.17 bits per heavy atom. The van der Waals surface area contributed by atoms with Gasteiger partial charge in [-0.15, -0.1) is 13.2 Å². The quantitative estimate of drug-likeness (QED) is 0.886. The highest BCUT2D eigenvalue weighted by Gasteiger charge is 2.34. The van der Waals surface area contributed by atoms with Gasteiger partial charge in [-0.3, -0.25) is 0 Å². The first-order chi connectivity index (χ1) is 11.0. The highest BCUT2D eigenvalue weighted by Crippen LogP contribution is 2.39. The van der Waals surface area contributed by atoms with Crippen molar-refractivity contribution in [2.24, 2.45) is 0 Å². The molecule has 2 aliphatic heterocycles. The number of aromatic nitrogens is 1. The van der Waals surface area contributed by atoms with Crippen molar-refractivity contribution < 1.29 is 17.9 Å². The van der Waals surface area contributed by atoms with Gasteiger partial charge >= 0.3 is 6.36 Å². The minimum absolute atomic E-state index is 0.149. The van der Waals surface area contributed by atoms with Crippen LogP contribution in [0.3, 0.4) is 0 Å². The molecule has 23 heavy (non-hydrogen) atoms. The van der Waals surface area contributed by atoms with E-state index in [-0.39, 0.29) is 5.75 Å². The van der Waals surface area contributed by atoms with Gasteiger partial charge in [-0.05, 0) is 68.5 Å². The summed E-state index contributed by atoms with van der Waals surface area (Å²) in [5.41, 5.74) is 1.99. The standard InChI is InChI=1S/C17H19F3N2O/c18-17(19,20)23-13-3-4-16-14(9-13)15(10-21-16)11-5-7-22-6-1-2-12(22)8-11/h3-4,9-12,21H,1-2,5-8H2. The number of benzene rings is 1. The maximum Gasteiger partial charge on any atom is 0.573 e. The van der Waals surface area contributed by atoms with Gasteiger partial charge < -0.3 is 14.6 Å². The van der Waals surface area contributed by atoms with Gasteiger partial charge in [0.2, 0.25) is 0 Å². The maximum atomic E-state index is 12.4. The number of alkyl halides is 3. The zero-order chi connectivity index (χ0) is 16.0. The van der Waals surface area contributed by atoms with Crippen LogP contribution in [0.2, 0.25) is 0 Å². The van der Waals surface area contributed by atoms with Crippen LogP contribution in [0.15, 0.2) is 24.4 Å². The number of rotatable bonds is 2. The van der Waals surface area contributed by atoms with Gasteiger partial charge in [-0.1, -0.05) is 0 Å². The van der Waals surface area contributed by atoms with Gasteiger partial charge in [0.05, 0.1) is 0 Å². The number of aromatic amines is 1. The number of nitrogens with zero attached hydrogens (tertiary/aromatic N) is 1. The van der Waals surface area contributed by atoms with E-state index in [2.05, 4.69) is 14.6 Å². The van der Waals surface area contributed by atoms with E-state index in [4.69, 9.17) is 0 Å². The average molecular weight is 324 g/mol. The van der Waals surface area contributed by atoms with Crippen molar-refractivity contribution in [2.45, 2.75) is 44.0 Å². The van der Waals surface area contributed by atoms with Crippen LogP contribution in [-0.2, 0) is 0 Å². The van der Waals surface area contributed by atoms with E-state index in [1.54, 1.807) is 6.07 Å². The Morgan fingerprint density at radius 3 is 2.87 bits per heavy atom. The zero-order valence-corrected chi connectivity index (χ0v) is 12.7. The van der Waals surface area contributed by atoms with E-state index in [9.17, 15) is 13.2 Å². The highest BCUT2D eigenvalue weighted by atomic mass is 19.4. The van der Waals surface area contributed by atoms with Crippen LogP contribution in [0, 0.1) is 0 Å². The van der Waals surface area contributed by atoms with Gasteiger partial charge in [-0.2, -0.15) is 0 Å². The number of fused-ring (bicyclic) bond motifs is 2. The number of ether oxygens (including phenoxy) is 1. The summed E-state index contributed by atoms with van der Waals surface area (Å²) in [5.74, 6) is 0.258. The number of piperidine rings is 1. The average Bonchev–Trinajstić information content (AvgIpc) is 3.10. The molecule has 2 unspecified atom stereocenters. The lowest BCUT2D eigenvalue weighted by Crippen LogP contribution is -2.37. The topological polar surface area (TPSA) is 28.3 Å². The van der Waals surface area contributed by atoms with Crippen molar-refractivity contribution in [1.82, 2.24) is 9.88 Å². The molecule has 0 saturated carbocycles. The molecule has 0 spiro atoms. The van der Waals surface area contributed by atoms with Crippen LogP contribution < -0.4 is 4.74 Å². The lowest BCUT2D eigenvalue weighted by Gasteiger charge is -2.34. The van der Waals surface area contributed by atoms with E-state index in [0.717, 1.165) is 35.9 Å². The molecule has 1 aromatic carbocycles. The summed E-state index contributed by atoms with van der Waals surface area (Å²) in [6.45, 7) is 2.27. The van der Waals surface area contributed by atoms with Crippen molar-refractivity contribution in [3.63, 3.8) is 0 Å². The fourth-order valence-corrected chi connectivity index (χ4v) is 4.16. The van der Waals surface area contributed by atoms with Crippen molar-refractivity contribution >= 4 is 10.9 Å². The van der Waals surface area contributed by atoms with E-state index in [1.807, 2.05) is 6.20 Å². The van der Waals surface area contributed by atoms with Gasteiger partial charge in [0, 0.05) is 23.1 Å². The van der Waals surface area contributed by atoms with Gasteiger partial charge in [0.25, 0.3) is 0 Å². The fraction of sp³-hybridized carbons (Fsp3) is 0.529. The summed E-state index contributed by atoms with van der Waals surface area (Å²) in [4.78, 5) is 5.73. The third kappa shape index (κ3) is 2.92. The van der Waals surface area contributed by atoms with E-state index in [0.29, 0.717) is 12.0 Å². The summed E-state index contributed by atoms with van der Waals surface area (Å²) in [7, 11) is 0. The summed E-state index contributed by atoms with van der Waals surface area (Å²) in [5, 5.41) is 0.850. The Morgan fingerprint density at radius 2 is 2.04 bits per heavy atom. The number of H-pyrrole nitrogens is 1. The van der Waals surface area contributed by atoms with E-state index in [1.165, 1.54) is 31.5 Å². The molecule has 3 nitrogen and oxygen atoms in total. The Balaban J connectivity index is 1.63. The smallest absolute Gasteiger partial charge is 0.406 e. The number of nitrogens with one attached hydrogen (secondary N) is 1. The van der Waals surface area contributed by atoms with Crippen molar-refractivity contribution in [3.05, 3.63) is 30.0 Å². The molecule has 1 aromatic heterocycles. The van der Waals surface area contributed by atoms with Crippen LogP contribution in [0.4, 0.5) is 13.2 Å². The van der Waals surface area contributed by atoms with Gasteiger partial charge in [0.15, 0.2) is 0 Å². The largest absolute Gasteiger partial charge is 0.573 e. The molecule has 0 radical (unpaired) electrons. The fourth-order valence-electron chi connectivity index (χ4n) is 4.16. The minimum Gasteiger partial charge on any atom is -0.406 e. The lowest BCUT2D eigenvalue weighted by molar-refractivity contribution is -0.274. The van der Waals surface area contributed by atoms with Crippen LogP contribution in [0.5, 0.6) is 5.75 Å². The molecule has 2 saturated heterocycles. The van der Waals surface area contributed by atoms with Gasteiger partial charge in [-0.25, -0.2) is 0 Å². The number of hydrogen-bond acceptors (Lipinski definition) is 2. The lowest BCUT2D eigenvalue weighted by atomic mass is 9.85. The van der Waals surface area contributed by atoms with E-state index < -0.39 is 6.36 Å². The second kappa shape index (κ2) is 5.44. The Labute approximate surface area is 132 Å². The molecule has 2 aliphatic rings. The summed E-state index contributed by atoms with van der Waals surface area (Å²) in [6, 6.07) is 5.16. The van der Waals surface area contributed by atoms with Crippen molar-refractivity contribution in [3.8, 4) is 5.75 Å². The predicted molar refractivity (Wildman–Crippen MR) is 81.6 cm³/mol. The predicted octanol–water partition coefficient (Wildman–Crippen LogP) is 4.41. The molecule has 3 heterocycles. The molecule has 124 valence electrons. The first-order valence-corrected chi connectivity index (χ1v) is 8.10. The molecular weight excluding hydrogens is 305 g/mol.